The fraction of sp³-hybridized carbons (Fsp3) is 1.00. The third kappa shape index (κ3) is 1.64. The van der Waals surface area contributed by atoms with Gasteiger partial charge in [-0.1, -0.05) is 0 Å². The lowest BCUT2D eigenvalue weighted by Crippen LogP contribution is -2.44. The monoisotopic (exact) mass is 131 g/mol. The maximum atomic E-state index is 9.18. The van der Waals surface area contributed by atoms with Gasteiger partial charge < -0.3 is 15.2 Å². The van der Waals surface area contributed by atoms with Gasteiger partial charge in [-0.15, -0.1) is 0 Å². The van der Waals surface area contributed by atoms with Crippen LogP contribution >= 0.6 is 0 Å². The van der Waals surface area contributed by atoms with Crippen LogP contribution in [0.1, 0.15) is 6.42 Å². The maximum absolute atomic E-state index is 9.18. The van der Waals surface area contributed by atoms with Gasteiger partial charge in [0.15, 0.2) is 0 Å². The van der Waals surface area contributed by atoms with Crippen molar-refractivity contribution < 1.29 is 9.84 Å². The Morgan fingerprint density at radius 1 is 1.67 bits per heavy atom. The Kier molecular flexibility index (Phi) is 2.45. The first-order valence-electron chi connectivity index (χ1n) is 3.26. The van der Waals surface area contributed by atoms with Crippen LogP contribution in [0.3, 0.4) is 0 Å². The second-order valence-electron chi connectivity index (χ2n) is 2.33. The van der Waals surface area contributed by atoms with Gasteiger partial charge in [-0.05, 0) is 13.0 Å². The van der Waals surface area contributed by atoms with Crippen molar-refractivity contribution in [2.24, 2.45) is 0 Å². The van der Waals surface area contributed by atoms with Crippen molar-refractivity contribution >= 4 is 0 Å². The first-order valence-corrected chi connectivity index (χ1v) is 3.26. The van der Waals surface area contributed by atoms with Gasteiger partial charge in [0.1, 0.15) is 0 Å². The van der Waals surface area contributed by atoms with Crippen molar-refractivity contribution in [3.63, 3.8) is 0 Å². The van der Waals surface area contributed by atoms with Crippen LogP contribution in [-0.2, 0) is 4.74 Å². The van der Waals surface area contributed by atoms with Gasteiger partial charge in [-0.3, -0.25) is 0 Å². The molecule has 0 aromatic rings. The van der Waals surface area contributed by atoms with Crippen molar-refractivity contribution in [3.05, 3.63) is 0 Å². The minimum atomic E-state index is -0.316. The number of hydrogen-bond acceptors (Lipinski definition) is 3. The average Bonchev–Trinajstić information content (AvgIpc) is 1.89. The van der Waals surface area contributed by atoms with Crippen molar-refractivity contribution in [1.29, 1.82) is 0 Å². The lowest BCUT2D eigenvalue weighted by atomic mass is 10.1. The van der Waals surface area contributed by atoms with Crippen LogP contribution < -0.4 is 5.32 Å². The van der Waals surface area contributed by atoms with E-state index >= 15 is 0 Å². The van der Waals surface area contributed by atoms with Crippen molar-refractivity contribution in [2.75, 3.05) is 20.2 Å². The molecule has 0 aromatic carbocycles. The van der Waals surface area contributed by atoms with Crippen LogP contribution in [0.4, 0.5) is 0 Å². The number of piperidine rings is 1. The highest BCUT2D eigenvalue weighted by molar-refractivity contribution is 4.76. The molecule has 1 saturated heterocycles. The highest BCUT2D eigenvalue weighted by Crippen LogP contribution is 2.05. The molecule has 1 fully saturated rings. The van der Waals surface area contributed by atoms with Crippen LogP contribution in [0.15, 0.2) is 0 Å². The van der Waals surface area contributed by atoms with E-state index in [0.29, 0.717) is 6.54 Å². The van der Waals surface area contributed by atoms with Crippen LogP contribution in [0, 0.1) is 0 Å². The largest absolute Gasteiger partial charge is 0.389 e. The Hall–Kier alpha value is -0.120. The molecule has 0 spiro atoms. The molecule has 2 atom stereocenters. The van der Waals surface area contributed by atoms with E-state index in [1.165, 1.54) is 0 Å². The summed E-state index contributed by atoms with van der Waals surface area (Å²) in [6.45, 7) is 1.62. The first-order chi connectivity index (χ1) is 4.34. The molecule has 0 amide bonds. The minimum absolute atomic E-state index is 0.0475. The number of β-amino-alcohol motifs (C(OH)–C–C–N with tert-alkyl or cyclic N) is 1. The summed E-state index contributed by atoms with van der Waals surface area (Å²) in [5, 5.41) is 12.3. The average molecular weight is 131 g/mol. The predicted molar refractivity (Wildman–Crippen MR) is 34.3 cm³/mol. The van der Waals surface area contributed by atoms with Gasteiger partial charge in [0, 0.05) is 13.7 Å². The summed E-state index contributed by atoms with van der Waals surface area (Å²) >= 11 is 0. The summed E-state index contributed by atoms with van der Waals surface area (Å²) in [7, 11) is 1.64. The molecule has 3 heteroatoms. The highest BCUT2D eigenvalue weighted by atomic mass is 16.5. The summed E-state index contributed by atoms with van der Waals surface area (Å²) in [4.78, 5) is 0. The van der Waals surface area contributed by atoms with Crippen molar-refractivity contribution in [1.82, 2.24) is 5.32 Å². The molecule has 54 valence electrons. The molecule has 3 nitrogen and oxygen atoms in total. The molecule has 9 heavy (non-hydrogen) atoms. The molecule has 1 aliphatic rings. The van der Waals surface area contributed by atoms with Crippen molar-refractivity contribution in [3.8, 4) is 0 Å². The van der Waals surface area contributed by atoms with Crippen LogP contribution in [0.25, 0.3) is 0 Å². The van der Waals surface area contributed by atoms with Crippen LogP contribution in [0.5, 0.6) is 0 Å². The van der Waals surface area contributed by atoms with Crippen molar-refractivity contribution in [2.45, 2.75) is 18.6 Å². The summed E-state index contributed by atoms with van der Waals surface area (Å²) in [6.07, 6.45) is 0.646. The van der Waals surface area contributed by atoms with E-state index in [1.54, 1.807) is 7.11 Å². The van der Waals surface area contributed by atoms with Gasteiger partial charge in [0.25, 0.3) is 0 Å². The maximum Gasteiger partial charge on any atom is 0.0926 e. The number of nitrogens with one attached hydrogen (secondary N) is 1. The standard InChI is InChI=1S/C6H13NO2/c1-9-6-2-3-7-4-5(6)8/h5-8H,2-4H2,1H3/t5-,6+/m0/s1. The van der Waals surface area contributed by atoms with Gasteiger partial charge in [0.05, 0.1) is 12.2 Å². The second kappa shape index (κ2) is 3.15. The number of rotatable bonds is 1. The smallest absolute Gasteiger partial charge is 0.0926 e. The van der Waals surface area contributed by atoms with E-state index in [1.807, 2.05) is 0 Å². The lowest BCUT2D eigenvalue weighted by molar-refractivity contribution is -0.0280. The zero-order valence-corrected chi connectivity index (χ0v) is 5.63. The highest BCUT2D eigenvalue weighted by Gasteiger charge is 2.21. The van der Waals surface area contributed by atoms with E-state index in [2.05, 4.69) is 5.32 Å². The molecule has 1 heterocycles. The molecular weight excluding hydrogens is 118 g/mol. The molecule has 0 aliphatic carbocycles. The molecule has 1 aliphatic heterocycles. The zero-order chi connectivity index (χ0) is 6.69. The molecule has 0 unspecified atom stereocenters. The number of hydrogen-bond donors (Lipinski definition) is 2. The van der Waals surface area contributed by atoms with Crippen LogP contribution in [0.2, 0.25) is 0 Å². The molecule has 0 saturated carbocycles. The third-order valence-corrected chi connectivity index (χ3v) is 1.69. The molecule has 1 rings (SSSR count). The van der Waals surface area contributed by atoms with Gasteiger partial charge >= 0.3 is 0 Å². The van der Waals surface area contributed by atoms with Gasteiger partial charge in [-0.2, -0.15) is 0 Å². The number of aliphatic hydroxyl groups excluding tert-OH is 1. The summed E-state index contributed by atoms with van der Waals surface area (Å²) in [5.41, 5.74) is 0. The molecule has 2 N–H and O–H groups in total. The fourth-order valence-corrected chi connectivity index (χ4v) is 1.09. The topological polar surface area (TPSA) is 41.5 Å². The summed E-state index contributed by atoms with van der Waals surface area (Å²) in [5.74, 6) is 0. The third-order valence-electron chi connectivity index (χ3n) is 1.69. The Bertz CT molecular complexity index is 87.1. The number of methoxy groups -OCH3 is 1. The lowest BCUT2D eigenvalue weighted by Gasteiger charge is -2.26. The normalized spacial score (nSPS) is 36.7. The first kappa shape index (κ1) is 6.99. The summed E-state index contributed by atoms with van der Waals surface area (Å²) < 4.78 is 5.01. The summed E-state index contributed by atoms with van der Waals surface area (Å²) in [6, 6.07) is 0. The van der Waals surface area contributed by atoms with E-state index in [0.717, 1.165) is 13.0 Å². The van der Waals surface area contributed by atoms with Crippen LogP contribution in [-0.4, -0.2) is 37.5 Å². The number of ether oxygens (including phenoxy) is 1. The zero-order valence-electron chi connectivity index (χ0n) is 5.63. The molecule has 0 aromatic heterocycles. The van der Waals surface area contributed by atoms with Gasteiger partial charge in [0.2, 0.25) is 0 Å². The Morgan fingerprint density at radius 3 is 2.89 bits per heavy atom. The minimum Gasteiger partial charge on any atom is -0.389 e. The van der Waals surface area contributed by atoms with E-state index in [9.17, 15) is 5.11 Å². The van der Waals surface area contributed by atoms with E-state index in [4.69, 9.17) is 4.74 Å². The Labute approximate surface area is 55.0 Å². The molecule has 0 bridgehead atoms. The Morgan fingerprint density at radius 2 is 2.44 bits per heavy atom. The number of aliphatic hydroxyl groups is 1. The second-order valence-corrected chi connectivity index (χ2v) is 2.33. The predicted octanol–water partition coefficient (Wildman–Crippen LogP) is -0.644. The van der Waals surface area contributed by atoms with E-state index in [-0.39, 0.29) is 12.2 Å². The van der Waals surface area contributed by atoms with Gasteiger partial charge in [-0.25, -0.2) is 0 Å². The molecule has 0 radical (unpaired) electrons. The quantitative estimate of drug-likeness (QED) is 0.497. The SMILES string of the molecule is CO[C@@H]1CCNC[C@@H]1O. The van der Waals surface area contributed by atoms with E-state index < -0.39 is 0 Å². The molecular formula is C6H13NO2. The fourth-order valence-electron chi connectivity index (χ4n) is 1.09. The Balaban J connectivity index is 2.30.